The molecule has 0 saturated carbocycles. The number of unbranched alkanes of at least 4 members (excludes halogenated alkanes) is 8. The standard InChI is InChI=1S/C30H52O12/c1-2-3-4-5-6-7-8-9-10-11-12-13-14-15-16-17-23(34)40-28-25(36)22(19-32)41-30(28,20-33)42-29-27(38)26(37)24(35)21(18-31)39-29/h6-7,9-10,21-22,24-29,31-33,35-38H,2-5,8,11-20H2,1H3/b7-6-,10-9-/t21-,22-,24-,25-,26+,27-,28+,29-,30+/m1/s1. The molecule has 2 aliphatic heterocycles. The SMILES string of the molecule is CCCCC/C=C\C/C=C\CCCCCCCC(=O)O[C@H]1[C@H](O)[C@@H](CO)O[C@@]1(CO)O[C@H]1O[C@H](CO)[C@@H](O)[C@H](O)[C@H]1O. The Morgan fingerprint density at radius 2 is 1.38 bits per heavy atom. The maximum absolute atomic E-state index is 12.6. The first-order chi connectivity index (χ1) is 20.2. The lowest BCUT2D eigenvalue weighted by Gasteiger charge is -2.43. The van der Waals surface area contributed by atoms with Gasteiger partial charge >= 0.3 is 5.97 Å². The number of aliphatic hydroxyl groups excluding tert-OH is 7. The van der Waals surface area contributed by atoms with Crippen molar-refractivity contribution in [1.82, 2.24) is 0 Å². The summed E-state index contributed by atoms with van der Waals surface area (Å²) >= 11 is 0. The van der Waals surface area contributed by atoms with Crippen LogP contribution in [0.1, 0.15) is 84.0 Å². The van der Waals surface area contributed by atoms with Crippen LogP contribution in [0.3, 0.4) is 0 Å². The van der Waals surface area contributed by atoms with E-state index in [0.29, 0.717) is 6.42 Å². The van der Waals surface area contributed by atoms with Gasteiger partial charge in [-0.25, -0.2) is 0 Å². The van der Waals surface area contributed by atoms with E-state index in [0.717, 1.165) is 44.9 Å². The Kier molecular flexibility index (Phi) is 17.3. The van der Waals surface area contributed by atoms with Gasteiger partial charge in [0.25, 0.3) is 0 Å². The summed E-state index contributed by atoms with van der Waals surface area (Å²) in [5.41, 5.74) is 0. The molecule has 2 saturated heterocycles. The Morgan fingerprint density at radius 1 is 0.762 bits per heavy atom. The van der Waals surface area contributed by atoms with Crippen molar-refractivity contribution in [2.24, 2.45) is 0 Å². The number of aliphatic hydroxyl groups is 7. The molecule has 7 N–H and O–H groups in total. The zero-order valence-electron chi connectivity index (χ0n) is 24.7. The molecule has 0 spiro atoms. The van der Waals surface area contributed by atoms with E-state index < -0.39 is 80.6 Å². The van der Waals surface area contributed by atoms with Crippen LogP contribution >= 0.6 is 0 Å². The molecule has 2 heterocycles. The van der Waals surface area contributed by atoms with Gasteiger partial charge < -0.3 is 54.7 Å². The number of ether oxygens (including phenoxy) is 4. The van der Waals surface area contributed by atoms with E-state index in [9.17, 15) is 40.5 Å². The molecular formula is C30H52O12. The van der Waals surface area contributed by atoms with Crippen molar-refractivity contribution in [1.29, 1.82) is 0 Å². The van der Waals surface area contributed by atoms with Gasteiger partial charge in [0, 0.05) is 6.42 Å². The molecule has 42 heavy (non-hydrogen) atoms. The number of esters is 1. The summed E-state index contributed by atoms with van der Waals surface area (Å²) in [7, 11) is 0. The topological polar surface area (TPSA) is 196 Å². The van der Waals surface area contributed by atoms with E-state index in [1.807, 2.05) is 0 Å². The van der Waals surface area contributed by atoms with Crippen molar-refractivity contribution >= 4 is 5.97 Å². The summed E-state index contributed by atoms with van der Waals surface area (Å²) in [5.74, 6) is -2.93. The third-order valence-electron chi connectivity index (χ3n) is 7.63. The first-order valence-corrected chi connectivity index (χ1v) is 15.3. The minimum atomic E-state index is -2.26. The zero-order chi connectivity index (χ0) is 31.0. The van der Waals surface area contributed by atoms with Gasteiger partial charge in [0.2, 0.25) is 5.79 Å². The normalized spacial score (nSPS) is 33.6. The third kappa shape index (κ3) is 10.9. The van der Waals surface area contributed by atoms with Gasteiger partial charge in [-0.05, 0) is 38.5 Å². The largest absolute Gasteiger partial charge is 0.454 e. The second-order valence-corrected chi connectivity index (χ2v) is 11.0. The van der Waals surface area contributed by atoms with Crippen LogP contribution < -0.4 is 0 Å². The molecule has 0 amide bonds. The van der Waals surface area contributed by atoms with Gasteiger partial charge in [-0.2, -0.15) is 0 Å². The number of carbonyl (C=O) groups excluding carboxylic acids is 1. The minimum absolute atomic E-state index is 0.0407. The van der Waals surface area contributed by atoms with E-state index in [1.54, 1.807) is 0 Å². The number of hydrogen-bond acceptors (Lipinski definition) is 12. The smallest absolute Gasteiger partial charge is 0.306 e. The Hall–Kier alpha value is -1.45. The fraction of sp³-hybridized carbons (Fsp3) is 0.833. The highest BCUT2D eigenvalue weighted by Crippen LogP contribution is 2.38. The fourth-order valence-corrected chi connectivity index (χ4v) is 5.05. The van der Waals surface area contributed by atoms with Crippen molar-refractivity contribution < 1.29 is 59.5 Å². The molecule has 0 unspecified atom stereocenters. The van der Waals surface area contributed by atoms with E-state index in [1.165, 1.54) is 19.3 Å². The number of rotatable bonds is 20. The van der Waals surface area contributed by atoms with Crippen LogP contribution in [0.5, 0.6) is 0 Å². The Balaban J connectivity index is 1.78. The van der Waals surface area contributed by atoms with Gasteiger partial charge in [0.05, 0.1) is 13.2 Å². The maximum Gasteiger partial charge on any atom is 0.306 e. The maximum atomic E-state index is 12.6. The first-order valence-electron chi connectivity index (χ1n) is 15.3. The summed E-state index contributed by atoms with van der Waals surface area (Å²) in [6.07, 6.45) is 7.36. The van der Waals surface area contributed by atoms with Crippen molar-refractivity contribution in [3.05, 3.63) is 24.3 Å². The number of allylic oxidation sites excluding steroid dienone is 4. The molecule has 12 heteroatoms. The highest BCUT2D eigenvalue weighted by molar-refractivity contribution is 5.69. The Labute approximate surface area is 248 Å². The van der Waals surface area contributed by atoms with Crippen LogP contribution in [0, 0.1) is 0 Å². The average molecular weight is 605 g/mol. The van der Waals surface area contributed by atoms with Gasteiger partial charge in [0.1, 0.15) is 43.2 Å². The quantitative estimate of drug-likeness (QED) is 0.0592. The van der Waals surface area contributed by atoms with Gasteiger partial charge in [-0.15, -0.1) is 0 Å². The molecule has 2 rings (SSSR count). The zero-order valence-corrected chi connectivity index (χ0v) is 24.7. The van der Waals surface area contributed by atoms with E-state index in [2.05, 4.69) is 31.2 Å². The summed E-state index contributed by atoms with van der Waals surface area (Å²) in [5, 5.41) is 70.3. The predicted octanol–water partition coefficient (Wildman–Crippen LogP) is 0.969. The number of hydrogen-bond donors (Lipinski definition) is 7. The second-order valence-electron chi connectivity index (χ2n) is 11.0. The molecule has 0 aliphatic carbocycles. The van der Waals surface area contributed by atoms with Crippen LogP contribution in [0.2, 0.25) is 0 Å². The summed E-state index contributed by atoms with van der Waals surface area (Å²) < 4.78 is 21.9. The van der Waals surface area contributed by atoms with Gasteiger partial charge in [-0.1, -0.05) is 63.3 Å². The van der Waals surface area contributed by atoms with Crippen LogP contribution in [0.15, 0.2) is 24.3 Å². The molecule has 0 radical (unpaired) electrons. The minimum Gasteiger partial charge on any atom is -0.454 e. The molecule has 0 aromatic carbocycles. The van der Waals surface area contributed by atoms with Crippen molar-refractivity contribution in [3.8, 4) is 0 Å². The van der Waals surface area contributed by atoms with Crippen LogP contribution in [0.4, 0.5) is 0 Å². The molecule has 0 bridgehead atoms. The Bertz CT molecular complexity index is 805. The van der Waals surface area contributed by atoms with E-state index in [4.69, 9.17) is 18.9 Å². The lowest BCUT2D eigenvalue weighted by atomic mass is 9.99. The van der Waals surface area contributed by atoms with Crippen LogP contribution in [-0.2, 0) is 23.7 Å². The van der Waals surface area contributed by atoms with Crippen molar-refractivity contribution in [3.63, 3.8) is 0 Å². The molecular weight excluding hydrogens is 552 g/mol. The molecule has 244 valence electrons. The third-order valence-corrected chi connectivity index (χ3v) is 7.63. The van der Waals surface area contributed by atoms with E-state index in [-0.39, 0.29) is 6.42 Å². The lowest BCUT2D eigenvalue weighted by Crippen LogP contribution is -2.63. The Morgan fingerprint density at radius 3 is 2.00 bits per heavy atom. The van der Waals surface area contributed by atoms with Gasteiger partial charge in [-0.3, -0.25) is 4.79 Å². The first kappa shape index (κ1) is 36.7. The lowest BCUT2D eigenvalue weighted by molar-refractivity contribution is -0.383. The molecule has 12 nitrogen and oxygen atoms in total. The van der Waals surface area contributed by atoms with Crippen LogP contribution in [-0.4, -0.2) is 116 Å². The van der Waals surface area contributed by atoms with Crippen molar-refractivity contribution in [2.45, 2.75) is 139 Å². The molecule has 0 aromatic heterocycles. The summed E-state index contributed by atoms with van der Waals surface area (Å²) in [6, 6.07) is 0. The highest BCUT2D eigenvalue weighted by Gasteiger charge is 2.60. The average Bonchev–Trinajstić information content (AvgIpc) is 3.25. The molecule has 2 fully saturated rings. The highest BCUT2D eigenvalue weighted by atomic mass is 16.8. The molecule has 2 aliphatic rings. The fourth-order valence-electron chi connectivity index (χ4n) is 5.05. The molecule has 9 atom stereocenters. The van der Waals surface area contributed by atoms with E-state index >= 15 is 0 Å². The summed E-state index contributed by atoms with van der Waals surface area (Å²) in [4.78, 5) is 12.6. The predicted molar refractivity (Wildman–Crippen MR) is 152 cm³/mol. The number of carbonyl (C=O) groups is 1. The molecule has 0 aromatic rings. The van der Waals surface area contributed by atoms with Gasteiger partial charge in [0.15, 0.2) is 12.4 Å². The van der Waals surface area contributed by atoms with Crippen LogP contribution in [0.25, 0.3) is 0 Å². The second kappa shape index (κ2) is 19.8. The monoisotopic (exact) mass is 604 g/mol. The van der Waals surface area contributed by atoms with Crippen molar-refractivity contribution in [2.75, 3.05) is 19.8 Å². The summed E-state index contributed by atoms with van der Waals surface area (Å²) in [6.45, 7) is -0.185.